The zero-order chi connectivity index (χ0) is 28.8. The van der Waals surface area contributed by atoms with Crippen LogP contribution in [0, 0.1) is 0 Å². The van der Waals surface area contributed by atoms with E-state index < -0.39 is 18.0 Å². The highest BCUT2D eigenvalue weighted by atomic mass is 16.2. The van der Waals surface area contributed by atoms with Gasteiger partial charge in [-0.25, -0.2) is 0 Å². The van der Waals surface area contributed by atoms with Gasteiger partial charge in [0.2, 0.25) is 23.6 Å². The number of H-pyrrole nitrogens is 1. The monoisotopic (exact) mass is 545 g/mol. The molecule has 3 aromatic rings. The average molecular weight is 546 g/mol. The van der Waals surface area contributed by atoms with E-state index in [0.717, 1.165) is 41.3 Å². The second-order valence-corrected chi connectivity index (χ2v) is 10.3. The van der Waals surface area contributed by atoms with Gasteiger partial charge in [0.25, 0.3) is 0 Å². The highest BCUT2D eigenvalue weighted by Crippen LogP contribution is 2.21. The van der Waals surface area contributed by atoms with E-state index in [1.807, 2.05) is 30.5 Å². The van der Waals surface area contributed by atoms with E-state index in [-0.39, 0.29) is 37.2 Å². The van der Waals surface area contributed by atoms with Crippen LogP contribution in [0.2, 0.25) is 0 Å². The maximum atomic E-state index is 13.5. The molecule has 0 aliphatic carbocycles. The molecule has 1 aliphatic rings. The topological polar surface area (TPSA) is 123 Å². The average Bonchev–Trinajstić information content (AvgIpc) is 3.35. The van der Waals surface area contributed by atoms with E-state index >= 15 is 0 Å². The normalized spacial score (nSPS) is 16.1. The number of carbonyl (C=O) groups is 4. The van der Waals surface area contributed by atoms with Crippen molar-refractivity contribution in [2.24, 2.45) is 0 Å². The van der Waals surface area contributed by atoms with E-state index in [1.54, 1.807) is 6.92 Å². The lowest BCUT2D eigenvalue weighted by Gasteiger charge is -2.30. The van der Waals surface area contributed by atoms with Crippen molar-refractivity contribution < 1.29 is 19.2 Å². The molecule has 4 rings (SSSR count). The Kier molecular flexibility index (Phi) is 9.24. The van der Waals surface area contributed by atoms with Crippen LogP contribution in [0.5, 0.6) is 0 Å². The van der Waals surface area contributed by atoms with Crippen LogP contribution >= 0.6 is 0 Å². The van der Waals surface area contributed by atoms with Crippen molar-refractivity contribution in [2.75, 3.05) is 13.1 Å². The molecule has 0 bridgehead atoms. The second kappa shape index (κ2) is 12.8. The lowest BCUT2D eigenvalue weighted by atomic mass is 9.93. The first-order valence-corrected chi connectivity index (χ1v) is 14.1. The van der Waals surface area contributed by atoms with Crippen LogP contribution in [0.1, 0.15) is 55.5 Å². The number of benzene rings is 2. The summed E-state index contributed by atoms with van der Waals surface area (Å²) in [6.07, 6.45) is 4.92. The quantitative estimate of drug-likeness (QED) is 0.296. The van der Waals surface area contributed by atoms with Crippen LogP contribution in [0.3, 0.4) is 0 Å². The van der Waals surface area contributed by atoms with Crippen LogP contribution in [-0.4, -0.2) is 58.7 Å². The fourth-order valence-corrected chi connectivity index (χ4v) is 5.52. The van der Waals surface area contributed by atoms with E-state index in [1.165, 1.54) is 21.6 Å². The number of hydrogen-bond donors (Lipinski definition) is 4. The first-order chi connectivity index (χ1) is 19.2. The molecule has 0 spiro atoms. The lowest BCUT2D eigenvalue weighted by molar-refractivity contribution is -0.146. The van der Waals surface area contributed by atoms with E-state index in [4.69, 9.17) is 0 Å². The molecule has 2 heterocycles. The van der Waals surface area contributed by atoms with Crippen LogP contribution in [0.4, 0.5) is 0 Å². The third-order valence-electron chi connectivity index (χ3n) is 7.56. The fourth-order valence-electron chi connectivity index (χ4n) is 5.52. The van der Waals surface area contributed by atoms with Gasteiger partial charge in [-0.1, -0.05) is 51.1 Å². The molecule has 2 unspecified atom stereocenters. The molecule has 1 aromatic heterocycles. The first kappa shape index (κ1) is 28.9. The Balaban J connectivity index is 1.52. The summed E-state index contributed by atoms with van der Waals surface area (Å²) in [5, 5.41) is 9.39. The summed E-state index contributed by atoms with van der Waals surface area (Å²) in [4.78, 5) is 55.4. The Morgan fingerprint density at radius 3 is 2.40 bits per heavy atom. The third kappa shape index (κ3) is 6.52. The highest BCUT2D eigenvalue weighted by molar-refractivity contribution is 5.97. The number of carbonyl (C=O) groups excluding carboxylic acids is 4. The van der Waals surface area contributed by atoms with Gasteiger partial charge >= 0.3 is 0 Å². The largest absolute Gasteiger partial charge is 0.361 e. The Hall–Kier alpha value is -4.14. The maximum absolute atomic E-state index is 13.5. The number of nitrogens with one attached hydrogen (secondary N) is 4. The van der Waals surface area contributed by atoms with Crippen molar-refractivity contribution in [1.82, 2.24) is 25.8 Å². The van der Waals surface area contributed by atoms with Crippen molar-refractivity contribution >= 4 is 34.5 Å². The minimum atomic E-state index is -0.871. The van der Waals surface area contributed by atoms with E-state index in [2.05, 4.69) is 53.8 Å². The molecule has 1 aliphatic heterocycles. The number of nitrogens with zero attached hydrogens (tertiary/aromatic N) is 1. The third-order valence-corrected chi connectivity index (χ3v) is 7.56. The predicted molar refractivity (Wildman–Crippen MR) is 155 cm³/mol. The molecular formula is C31H39N5O4. The number of piperazine rings is 1. The molecule has 2 atom stereocenters. The van der Waals surface area contributed by atoms with Gasteiger partial charge in [0.15, 0.2) is 0 Å². The minimum absolute atomic E-state index is 0.191. The first-order valence-electron chi connectivity index (χ1n) is 14.1. The SMILES string of the molecule is CCc1cc(CNC(=O)C(Cc2c[nH]c3ccccc23)NC(=O)CN2CC(=O)NC(C)C2=O)cc(CC)c1CC. The number of para-hydroxylation sites is 1. The fraction of sp³-hybridized carbons (Fsp3) is 0.419. The number of hydrogen-bond acceptors (Lipinski definition) is 4. The molecule has 4 N–H and O–H groups in total. The number of aromatic amines is 1. The summed E-state index contributed by atoms with van der Waals surface area (Å²) in [7, 11) is 0. The summed E-state index contributed by atoms with van der Waals surface area (Å²) in [5.41, 5.74) is 6.82. The Labute approximate surface area is 235 Å². The van der Waals surface area contributed by atoms with Crippen LogP contribution < -0.4 is 16.0 Å². The molecule has 2 aromatic carbocycles. The van der Waals surface area contributed by atoms with Gasteiger partial charge in [0, 0.05) is 30.1 Å². The Bertz CT molecular complexity index is 1390. The van der Waals surface area contributed by atoms with Crippen molar-refractivity contribution in [3.05, 3.63) is 70.4 Å². The van der Waals surface area contributed by atoms with E-state index in [9.17, 15) is 19.2 Å². The smallest absolute Gasteiger partial charge is 0.245 e. The number of amides is 4. The highest BCUT2D eigenvalue weighted by Gasteiger charge is 2.32. The molecule has 4 amide bonds. The summed E-state index contributed by atoms with van der Waals surface area (Å²) in [6, 6.07) is 10.5. The van der Waals surface area contributed by atoms with Crippen LogP contribution in [0.15, 0.2) is 42.6 Å². The summed E-state index contributed by atoms with van der Waals surface area (Å²) >= 11 is 0. The Morgan fingerprint density at radius 2 is 1.73 bits per heavy atom. The van der Waals surface area contributed by atoms with Gasteiger partial charge in [0.05, 0.1) is 0 Å². The zero-order valence-electron chi connectivity index (χ0n) is 23.7. The number of aryl methyl sites for hydroxylation is 2. The predicted octanol–water partition coefficient (Wildman–Crippen LogP) is 2.55. The number of fused-ring (bicyclic) bond motifs is 1. The van der Waals surface area contributed by atoms with Gasteiger partial charge in [-0.3, -0.25) is 19.2 Å². The van der Waals surface area contributed by atoms with Gasteiger partial charge in [-0.2, -0.15) is 0 Å². The molecule has 40 heavy (non-hydrogen) atoms. The molecule has 212 valence electrons. The molecule has 1 saturated heterocycles. The van der Waals surface area contributed by atoms with Crippen molar-refractivity contribution in [3.63, 3.8) is 0 Å². The van der Waals surface area contributed by atoms with Crippen molar-refractivity contribution in [2.45, 2.75) is 72.0 Å². The van der Waals surface area contributed by atoms with Crippen LogP contribution in [0.25, 0.3) is 10.9 Å². The van der Waals surface area contributed by atoms with E-state index in [0.29, 0.717) is 6.54 Å². The molecule has 0 saturated carbocycles. The van der Waals surface area contributed by atoms with Gasteiger partial charge in [0.1, 0.15) is 25.2 Å². The summed E-state index contributed by atoms with van der Waals surface area (Å²) < 4.78 is 0. The Morgan fingerprint density at radius 1 is 1.02 bits per heavy atom. The van der Waals surface area contributed by atoms with Crippen molar-refractivity contribution in [1.29, 1.82) is 0 Å². The second-order valence-electron chi connectivity index (χ2n) is 10.3. The molecular weight excluding hydrogens is 506 g/mol. The number of aromatic nitrogens is 1. The van der Waals surface area contributed by atoms with Crippen molar-refractivity contribution in [3.8, 4) is 0 Å². The molecule has 0 radical (unpaired) electrons. The van der Waals surface area contributed by atoms with Gasteiger partial charge < -0.3 is 25.8 Å². The van der Waals surface area contributed by atoms with Gasteiger partial charge in [-0.15, -0.1) is 0 Å². The maximum Gasteiger partial charge on any atom is 0.245 e. The summed E-state index contributed by atoms with van der Waals surface area (Å²) in [5.74, 6) is -1.46. The molecule has 9 nitrogen and oxygen atoms in total. The minimum Gasteiger partial charge on any atom is -0.361 e. The summed E-state index contributed by atoms with van der Waals surface area (Å²) in [6.45, 7) is 7.87. The lowest BCUT2D eigenvalue weighted by Crippen LogP contribution is -2.59. The molecule has 9 heteroatoms. The zero-order valence-corrected chi connectivity index (χ0v) is 23.7. The molecule has 1 fully saturated rings. The van der Waals surface area contributed by atoms with Crippen LogP contribution in [-0.2, 0) is 51.4 Å². The number of rotatable bonds is 11. The standard InChI is InChI=1S/C31H39N5O4/c1-5-21-12-20(13-22(6-2)24(21)7-3)15-33-30(39)27(14-23-16-32-26-11-9-8-10-25(23)26)35-29(38)18-36-17-28(37)34-19(4)31(36)40/h8-13,16,19,27,32H,5-7,14-15,17-18H2,1-4H3,(H,33,39)(H,34,37)(H,35,38). The van der Waals surface area contributed by atoms with Gasteiger partial charge in [-0.05, 0) is 60.1 Å².